The maximum absolute atomic E-state index is 9.82. The molecule has 0 bridgehead atoms. The summed E-state index contributed by atoms with van der Waals surface area (Å²) in [4.78, 5) is 22.9. The summed E-state index contributed by atoms with van der Waals surface area (Å²) in [7, 11) is 1.47. The molecule has 8 heteroatoms. The molecule has 1 fully saturated rings. The van der Waals surface area contributed by atoms with E-state index in [1.165, 1.54) is 44.7 Å². The highest BCUT2D eigenvalue weighted by Crippen LogP contribution is 2.35. The van der Waals surface area contributed by atoms with E-state index in [9.17, 15) is 4.79 Å². The maximum atomic E-state index is 9.82. The van der Waals surface area contributed by atoms with Crippen LogP contribution in [0.5, 0.6) is 5.88 Å². The summed E-state index contributed by atoms with van der Waals surface area (Å²) in [5.74, 6) is 1.80. The van der Waals surface area contributed by atoms with Gasteiger partial charge in [-0.1, -0.05) is 43.5 Å². The van der Waals surface area contributed by atoms with Gasteiger partial charge in [0.05, 0.1) is 5.71 Å². The third-order valence-electron chi connectivity index (χ3n) is 5.33. The van der Waals surface area contributed by atoms with E-state index >= 15 is 0 Å². The molecule has 1 amide bonds. The molecule has 2 aromatic rings. The number of aromatic nitrogens is 2. The Morgan fingerprint density at radius 2 is 1.90 bits per heavy atom. The van der Waals surface area contributed by atoms with Gasteiger partial charge in [0.2, 0.25) is 11.8 Å². The molecule has 2 aliphatic rings. The highest BCUT2D eigenvalue weighted by atomic mass is 16.5. The van der Waals surface area contributed by atoms with Crippen LogP contribution in [-0.4, -0.2) is 47.0 Å². The largest absolute Gasteiger partial charge is 0.469 e. The van der Waals surface area contributed by atoms with E-state index in [1.807, 2.05) is 0 Å². The van der Waals surface area contributed by atoms with Crippen molar-refractivity contribution in [3.8, 4) is 5.88 Å². The number of ether oxygens (including phenoxy) is 1. The van der Waals surface area contributed by atoms with Crippen molar-refractivity contribution in [1.82, 2.24) is 15.3 Å². The number of hydrogen-bond acceptors (Lipinski definition) is 7. The number of aryl methyl sites for hydroxylation is 1. The molecule has 0 unspecified atom stereocenters. The molecular formula is C22H29N5O3. The monoisotopic (exact) mass is 411 g/mol. The summed E-state index contributed by atoms with van der Waals surface area (Å²) in [5, 5.41) is 10.1. The molecule has 1 saturated carbocycles. The van der Waals surface area contributed by atoms with Gasteiger partial charge in [0.25, 0.3) is 0 Å². The first-order valence-corrected chi connectivity index (χ1v) is 10.3. The Kier molecular flexibility index (Phi) is 7.35. The number of aliphatic hydroxyl groups is 1. The minimum absolute atomic E-state index is 0.352. The van der Waals surface area contributed by atoms with Crippen molar-refractivity contribution in [1.29, 1.82) is 0 Å². The number of rotatable bonds is 3. The minimum Gasteiger partial charge on any atom is -0.469 e. The first-order valence-electron chi connectivity index (χ1n) is 10.3. The molecule has 4 rings (SSSR count). The Bertz CT molecular complexity index is 900. The summed E-state index contributed by atoms with van der Waals surface area (Å²) >= 11 is 0. The number of amides is 1. The van der Waals surface area contributed by atoms with Crippen LogP contribution in [0.3, 0.4) is 0 Å². The molecule has 1 aliphatic heterocycles. The Hall–Kier alpha value is -3.00. The number of nitrogen functional groups attached to an aromatic ring is 1. The zero-order valence-corrected chi connectivity index (χ0v) is 17.5. The van der Waals surface area contributed by atoms with Gasteiger partial charge in [-0.25, -0.2) is 9.98 Å². The summed E-state index contributed by atoms with van der Waals surface area (Å²) < 4.78 is 5.74. The van der Waals surface area contributed by atoms with Gasteiger partial charge in [-0.05, 0) is 36.8 Å². The smallest absolute Gasteiger partial charge is 0.246 e. The standard InChI is InChI=1S/C19H22N4O.C3H7NO2/c1-12-21-18(20)17-19(22-12)24-11-16(23-17)15-9-7-14(8-10-15)13-5-3-2-4-6-13;1-4-3(6)2-5/h7-10,13H,2-6,11H2,1H3,(H2,20,21,22);5H,2H2,1H3,(H,4,6). The van der Waals surface area contributed by atoms with E-state index in [0.29, 0.717) is 35.7 Å². The number of hydrogen-bond donors (Lipinski definition) is 3. The second kappa shape index (κ2) is 10.2. The number of aliphatic imine (C=N–C) groups is 1. The van der Waals surface area contributed by atoms with Crippen molar-refractivity contribution < 1.29 is 14.6 Å². The normalized spacial score (nSPS) is 15.8. The van der Waals surface area contributed by atoms with Gasteiger partial charge in [0.1, 0.15) is 19.0 Å². The molecule has 160 valence electrons. The molecule has 0 saturated heterocycles. The van der Waals surface area contributed by atoms with Crippen LogP contribution in [0.25, 0.3) is 0 Å². The highest BCUT2D eigenvalue weighted by molar-refractivity contribution is 6.05. The molecule has 0 spiro atoms. The van der Waals surface area contributed by atoms with Crippen molar-refractivity contribution >= 4 is 23.1 Å². The van der Waals surface area contributed by atoms with Gasteiger partial charge in [0, 0.05) is 7.05 Å². The van der Waals surface area contributed by atoms with Gasteiger partial charge < -0.3 is 20.9 Å². The lowest BCUT2D eigenvalue weighted by molar-refractivity contribution is -0.123. The molecule has 30 heavy (non-hydrogen) atoms. The van der Waals surface area contributed by atoms with Crippen molar-refractivity contribution in [2.45, 2.75) is 44.9 Å². The Morgan fingerprint density at radius 1 is 1.20 bits per heavy atom. The van der Waals surface area contributed by atoms with Crippen LogP contribution in [0.2, 0.25) is 0 Å². The van der Waals surface area contributed by atoms with Crippen LogP contribution >= 0.6 is 0 Å². The van der Waals surface area contributed by atoms with Crippen LogP contribution in [0, 0.1) is 6.92 Å². The fourth-order valence-electron chi connectivity index (χ4n) is 3.68. The summed E-state index contributed by atoms with van der Waals surface area (Å²) in [5.41, 5.74) is 9.89. The van der Waals surface area contributed by atoms with E-state index in [0.717, 1.165) is 11.3 Å². The number of nitrogens with zero attached hydrogens (tertiary/aromatic N) is 3. The van der Waals surface area contributed by atoms with E-state index < -0.39 is 6.61 Å². The van der Waals surface area contributed by atoms with Crippen LogP contribution in [0.15, 0.2) is 29.3 Å². The highest BCUT2D eigenvalue weighted by Gasteiger charge is 2.20. The van der Waals surface area contributed by atoms with Gasteiger partial charge >= 0.3 is 0 Å². The first-order chi connectivity index (χ1) is 14.5. The SMILES string of the molecule is CNC(=O)CO.Cc1nc(N)c2c(n1)OCC(c1ccc(C3CCCCC3)cc1)=N2. The fourth-order valence-corrected chi connectivity index (χ4v) is 3.68. The number of anilines is 1. The summed E-state index contributed by atoms with van der Waals surface area (Å²) in [6.45, 7) is 1.78. The third kappa shape index (κ3) is 5.33. The molecular weight excluding hydrogens is 382 g/mol. The predicted octanol–water partition coefficient (Wildman–Crippen LogP) is 2.65. The van der Waals surface area contributed by atoms with Crippen LogP contribution < -0.4 is 15.8 Å². The van der Waals surface area contributed by atoms with Gasteiger partial charge in [-0.15, -0.1) is 0 Å². The number of benzene rings is 1. The molecule has 0 atom stereocenters. The van der Waals surface area contributed by atoms with E-state index in [2.05, 4.69) is 44.5 Å². The second-order valence-electron chi connectivity index (χ2n) is 7.45. The van der Waals surface area contributed by atoms with E-state index in [-0.39, 0.29) is 5.91 Å². The van der Waals surface area contributed by atoms with Gasteiger partial charge in [-0.3, -0.25) is 4.79 Å². The maximum Gasteiger partial charge on any atom is 0.246 e. The van der Waals surface area contributed by atoms with E-state index in [4.69, 9.17) is 15.6 Å². The molecule has 1 aromatic heterocycles. The third-order valence-corrected chi connectivity index (χ3v) is 5.33. The lowest BCUT2D eigenvalue weighted by atomic mass is 9.84. The lowest BCUT2D eigenvalue weighted by Crippen LogP contribution is -2.20. The van der Waals surface area contributed by atoms with Gasteiger partial charge in [0.15, 0.2) is 11.5 Å². The van der Waals surface area contributed by atoms with Crippen LogP contribution in [0.4, 0.5) is 11.5 Å². The van der Waals surface area contributed by atoms with E-state index in [1.54, 1.807) is 6.92 Å². The molecule has 4 N–H and O–H groups in total. The van der Waals surface area contributed by atoms with Gasteiger partial charge in [-0.2, -0.15) is 4.98 Å². The molecule has 1 aliphatic carbocycles. The Morgan fingerprint density at radius 3 is 2.50 bits per heavy atom. The predicted molar refractivity (Wildman–Crippen MR) is 116 cm³/mol. The molecule has 2 heterocycles. The molecule has 1 aromatic carbocycles. The molecule has 0 radical (unpaired) electrons. The Labute approximate surface area is 176 Å². The van der Waals surface area contributed by atoms with Crippen molar-refractivity contribution in [3.63, 3.8) is 0 Å². The zero-order valence-electron chi connectivity index (χ0n) is 17.5. The first kappa shape index (κ1) is 21.7. The van der Waals surface area contributed by atoms with Crippen LogP contribution in [-0.2, 0) is 4.79 Å². The number of likely N-dealkylation sites (N-methyl/N-ethyl adjacent to an activating group) is 1. The molecule has 8 nitrogen and oxygen atoms in total. The fraction of sp³-hybridized carbons (Fsp3) is 0.455. The minimum atomic E-state index is -0.420. The average molecular weight is 412 g/mol. The summed E-state index contributed by atoms with van der Waals surface area (Å²) in [6, 6.07) is 8.75. The van der Waals surface area contributed by atoms with Crippen LogP contribution in [0.1, 0.15) is 55.0 Å². The quantitative estimate of drug-likeness (QED) is 0.714. The Balaban J connectivity index is 0.000000377. The number of nitrogens with one attached hydrogen (secondary N) is 1. The van der Waals surface area contributed by atoms with Crippen molar-refractivity contribution in [2.24, 2.45) is 4.99 Å². The number of fused-ring (bicyclic) bond motifs is 1. The number of carbonyl (C=O) groups is 1. The number of nitrogens with two attached hydrogens (primary N) is 1. The topological polar surface area (TPSA) is 123 Å². The van der Waals surface area contributed by atoms with Crippen molar-refractivity contribution in [3.05, 3.63) is 41.2 Å². The lowest BCUT2D eigenvalue weighted by Gasteiger charge is -2.22. The second-order valence-corrected chi connectivity index (χ2v) is 7.45. The number of carbonyl (C=O) groups excluding carboxylic acids is 1. The average Bonchev–Trinajstić information content (AvgIpc) is 2.79. The van der Waals surface area contributed by atoms with Crippen molar-refractivity contribution in [2.75, 3.05) is 26.0 Å². The number of aliphatic hydroxyl groups excluding tert-OH is 1. The zero-order chi connectivity index (χ0) is 21.5. The summed E-state index contributed by atoms with van der Waals surface area (Å²) in [6.07, 6.45) is 6.70.